The highest BCUT2D eigenvalue weighted by molar-refractivity contribution is 5.71. The zero-order chi connectivity index (χ0) is 10.9. The predicted molar refractivity (Wildman–Crippen MR) is 55.1 cm³/mol. The van der Waals surface area contributed by atoms with Crippen molar-refractivity contribution in [3.8, 4) is 0 Å². The molecule has 0 aromatic rings. The summed E-state index contributed by atoms with van der Waals surface area (Å²) in [6.07, 6.45) is 5.27. The van der Waals surface area contributed by atoms with Crippen molar-refractivity contribution in [2.75, 3.05) is 13.3 Å². The number of rotatable bonds is 2. The second-order valence-electron chi connectivity index (χ2n) is 4.09. The van der Waals surface area contributed by atoms with Crippen LogP contribution < -0.4 is 0 Å². The van der Waals surface area contributed by atoms with Gasteiger partial charge >= 0.3 is 0 Å². The Morgan fingerprint density at radius 3 is 2.87 bits per heavy atom. The summed E-state index contributed by atoms with van der Waals surface area (Å²) in [6, 6.07) is 0. The third kappa shape index (κ3) is 1.67. The molecule has 2 aliphatic rings. The lowest BCUT2D eigenvalue weighted by Gasteiger charge is -2.39. The molecule has 3 N–H and O–H groups in total. The average molecular weight is 212 g/mol. The molecule has 3 unspecified atom stereocenters. The van der Waals surface area contributed by atoms with E-state index in [0.29, 0.717) is 19.5 Å². The van der Waals surface area contributed by atoms with Gasteiger partial charge in [0.25, 0.3) is 0 Å². The fourth-order valence-corrected chi connectivity index (χ4v) is 2.22. The lowest BCUT2D eigenvalue weighted by molar-refractivity contribution is -0.154. The van der Waals surface area contributed by atoms with Crippen LogP contribution >= 0.6 is 0 Å². The summed E-state index contributed by atoms with van der Waals surface area (Å²) in [7, 11) is 0. The van der Waals surface area contributed by atoms with Crippen LogP contribution in [-0.2, 0) is 0 Å². The average Bonchev–Trinajstić information content (AvgIpc) is 2.58. The number of aliphatic hydroxyl groups excluding tert-OH is 2. The molecule has 5 nitrogen and oxygen atoms in total. The minimum absolute atomic E-state index is 0.0930. The zero-order valence-electron chi connectivity index (χ0n) is 8.45. The number of hydrogen-bond donors (Lipinski definition) is 3. The van der Waals surface area contributed by atoms with Gasteiger partial charge in [0.15, 0.2) is 5.72 Å². The molecular weight excluding hydrogens is 196 g/mol. The summed E-state index contributed by atoms with van der Waals surface area (Å²) in [5.41, 5.74) is -1.28. The molecule has 1 saturated carbocycles. The van der Waals surface area contributed by atoms with Crippen molar-refractivity contribution in [3.63, 3.8) is 0 Å². The molecule has 0 spiro atoms. The van der Waals surface area contributed by atoms with Crippen molar-refractivity contribution in [1.82, 2.24) is 4.90 Å². The Bertz CT molecular complexity index is 292. The Kier molecular flexibility index (Phi) is 2.77. The second kappa shape index (κ2) is 3.92. The zero-order valence-corrected chi connectivity index (χ0v) is 8.45. The summed E-state index contributed by atoms with van der Waals surface area (Å²) in [6.45, 7) is 0.256. The second-order valence-corrected chi connectivity index (χ2v) is 4.09. The van der Waals surface area contributed by atoms with Crippen molar-refractivity contribution in [1.29, 1.82) is 0 Å². The molecule has 3 atom stereocenters. The predicted octanol–water partition coefficient (Wildman–Crippen LogP) is -0.704. The standard InChI is InChI=1S/C10H16N2O3/c13-6-8-2-3-10(15,9(8)14)12-5-1-4-11-7-12/h1,4-5,8-9,13-15H,2-3,6-7H2. The Balaban J connectivity index is 2.13. The van der Waals surface area contributed by atoms with Crippen LogP contribution in [0.3, 0.4) is 0 Å². The first-order chi connectivity index (χ1) is 7.18. The summed E-state index contributed by atoms with van der Waals surface area (Å²) in [5, 5.41) is 29.3. The summed E-state index contributed by atoms with van der Waals surface area (Å²) < 4.78 is 0. The van der Waals surface area contributed by atoms with E-state index < -0.39 is 11.8 Å². The molecule has 1 aliphatic carbocycles. The maximum absolute atomic E-state index is 10.3. The van der Waals surface area contributed by atoms with E-state index in [1.54, 1.807) is 23.4 Å². The van der Waals surface area contributed by atoms with E-state index in [1.165, 1.54) is 0 Å². The Morgan fingerprint density at radius 1 is 1.53 bits per heavy atom. The number of allylic oxidation sites excluding steroid dienone is 1. The van der Waals surface area contributed by atoms with Gasteiger partial charge in [-0.15, -0.1) is 0 Å². The number of hydrogen-bond acceptors (Lipinski definition) is 5. The summed E-state index contributed by atoms with van der Waals surface area (Å²) >= 11 is 0. The molecule has 0 aromatic carbocycles. The molecule has 5 heteroatoms. The highest BCUT2D eigenvalue weighted by atomic mass is 16.4. The number of nitrogens with zero attached hydrogens (tertiary/aromatic N) is 2. The van der Waals surface area contributed by atoms with Crippen LogP contribution in [0.1, 0.15) is 12.8 Å². The molecule has 2 rings (SSSR count). The van der Waals surface area contributed by atoms with Crippen LogP contribution in [-0.4, -0.2) is 51.5 Å². The van der Waals surface area contributed by atoms with Crippen LogP contribution in [0.5, 0.6) is 0 Å². The van der Waals surface area contributed by atoms with E-state index in [0.717, 1.165) is 0 Å². The van der Waals surface area contributed by atoms with Crippen LogP contribution in [0.2, 0.25) is 0 Å². The summed E-state index contributed by atoms with van der Waals surface area (Å²) in [5.74, 6) is -0.241. The third-order valence-corrected chi connectivity index (χ3v) is 3.23. The van der Waals surface area contributed by atoms with Gasteiger partial charge < -0.3 is 20.2 Å². The fourth-order valence-electron chi connectivity index (χ4n) is 2.22. The van der Waals surface area contributed by atoms with Crippen LogP contribution in [0.15, 0.2) is 17.3 Å². The van der Waals surface area contributed by atoms with Crippen LogP contribution in [0, 0.1) is 5.92 Å². The third-order valence-electron chi connectivity index (χ3n) is 3.23. The minimum atomic E-state index is -1.28. The van der Waals surface area contributed by atoms with Crippen molar-refractivity contribution in [2.24, 2.45) is 10.9 Å². The molecule has 1 fully saturated rings. The minimum Gasteiger partial charge on any atom is -0.396 e. The Morgan fingerprint density at radius 2 is 2.33 bits per heavy atom. The van der Waals surface area contributed by atoms with Crippen LogP contribution in [0.25, 0.3) is 0 Å². The van der Waals surface area contributed by atoms with E-state index in [1.807, 2.05) is 0 Å². The highest BCUT2D eigenvalue weighted by Crippen LogP contribution is 2.37. The smallest absolute Gasteiger partial charge is 0.165 e. The molecule has 0 bridgehead atoms. The monoisotopic (exact) mass is 212 g/mol. The van der Waals surface area contributed by atoms with E-state index in [4.69, 9.17) is 5.11 Å². The molecule has 1 aliphatic heterocycles. The van der Waals surface area contributed by atoms with Crippen molar-refractivity contribution < 1.29 is 15.3 Å². The molecular formula is C10H16N2O3. The molecule has 0 saturated heterocycles. The quantitative estimate of drug-likeness (QED) is 0.565. The molecule has 1 heterocycles. The van der Waals surface area contributed by atoms with E-state index in [9.17, 15) is 10.2 Å². The molecule has 0 aromatic heterocycles. The van der Waals surface area contributed by atoms with Gasteiger partial charge in [0, 0.05) is 24.9 Å². The molecule has 15 heavy (non-hydrogen) atoms. The lowest BCUT2D eigenvalue weighted by atomic mass is 10.0. The molecule has 84 valence electrons. The maximum atomic E-state index is 10.3. The van der Waals surface area contributed by atoms with E-state index in [-0.39, 0.29) is 12.5 Å². The topological polar surface area (TPSA) is 76.3 Å². The van der Waals surface area contributed by atoms with Gasteiger partial charge in [0.2, 0.25) is 0 Å². The van der Waals surface area contributed by atoms with E-state index >= 15 is 0 Å². The molecule has 0 radical (unpaired) electrons. The lowest BCUT2D eigenvalue weighted by Crippen LogP contribution is -2.53. The van der Waals surface area contributed by atoms with Crippen molar-refractivity contribution >= 4 is 6.21 Å². The molecule has 0 amide bonds. The SMILES string of the molecule is OCC1CCC(O)(N2C=CC=NC2)C1O. The maximum Gasteiger partial charge on any atom is 0.165 e. The largest absolute Gasteiger partial charge is 0.396 e. The van der Waals surface area contributed by atoms with Crippen molar-refractivity contribution in [3.05, 3.63) is 12.3 Å². The number of aliphatic imine (C=N–C) groups is 1. The van der Waals surface area contributed by atoms with Crippen molar-refractivity contribution in [2.45, 2.75) is 24.7 Å². The van der Waals surface area contributed by atoms with Crippen LogP contribution in [0.4, 0.5) is 0 Å². The Hall–Kier alpha value is -0.910. The first-order valence-electron chi connectivity index (χ1n) is 5.13. The van der Waals surface area contributed by atoms with Gasteiger partial charge in [-0.3, -0.25) is 4.99 Å². The highest BCUT2D eigenvalue weighted by Gasteiger charge is 2.49. The number of aliphatic hydroxyl groups is 3. The summed E-state index contributed by atoms with van der Waals surface area (Å²) in [4.78, 5) is 5.63. The van der Waals surface area contributed by atoms with Gasteiger partial charge in [-0.1, -0.05) is 0 Å². The van der Waals surface area contributed by atoms with Gasteiger partial charge in [-0.05, 0) is 18.9 Å². The Labute approximate surface area is 88.4 Å². The van der Waals surface area contributed by atoms with Gasteiger partial charge in [-0.2, -0.15) is 0 Å². The first-order valence-corrected chi connectivity index (χ1v) is 5.13. The van der Waals surface area contributed by atoms with E-state index in [2.05, 4.69) is 4.99 Å². The van der Waals surface area contributed by atoms with Gasteiger partial charge in [0.05, 0.1) is 0 Å². The fraction of sp³-hybridized carbons (Fsp3) is 0.700. The van der Waals surface area contributed by atoms with Gasteiger partial charge in [-0.25, -0.2) is 0 Å². The first kappa shape index (κ1) is 10.6. The van der Waals surface area contributed by atoms with Gasteiger partial charge in [0.1, 0.15) is 12.8 Å². The normalized spacial score (nSPS) is 40.1.